The summed E-state index contributed by atoms with van der Waals surface area (Å²) in [6.45, 7) is 4.13. The van der Waals surface area contributed by atoms with Gasteiger partial charge in [-0.3, -0.25) is 4.79 Å². The van der Waals surface area contributed by atoms with E-state index in [0.29, 0.717) is 5.56 Å². The molecule has 0 fully saturated rings. The average Bonchev–Trinajstić information content (AvgIpc) is 2.51. The predicted molar refractivity (Wildman–Crippen MR) is 84.1 cm³/mol. The fourth-order valence-corrected chi connectivity index (χ4v) is 4.72. The second kappa shape index (κ2) is 5.15. The Morgan fingerprint density at radius 2 is 2.00 bits per heavy atom. The van der Waals surface area contributed by atoms with E-state index in [1.165, 1.54) is 0 Å². The topological polar surface area (TPSA) is 40.1 Å². The molecule has 2 atom stereocenters. The van der Waals surface area contributed by atoms with Gasteiger partial charge in [-0.1, -0.05) is 38.1 Å². The van der Waals surface area contributed by atoms with Gasteiger partial charge in [0.2, 0.25) is 0 Å². The van der Waals surface area contributed by atoms with Crippen LogP contribution in [0.1, 0.15) is 35.3 Å². The highest BCUT2D eigenvalue weighted by molar-refractivity contribution is 7.91. The molecule has 0 aromatic heterocycles. The van der Waals surface area contributed by atoms with E-state index in [1.54, 1.807) is 0 Å². The van der Waals surface area contributed by atoms with Crippen molar-refractivity contribution in [3.8, 4) is 0 Å². The highest BCUT2D eigenvalue weighted by Crippen LogP contribution is 2.32. The van der Waals surface area contributed by atoms with E-state index in [1.807, 2.05) is 30.4 Å². The van der Waals surface area contributed by atoms with Gasteiger partial charge in [-0.15, -0.1) is 10.8 Å². The van der Waals surface area contributed by atoms with Crippen molar-refractivity contribution in [1.29, 1.82) is 0 Å². The molecule has 0 amide bonds. The number of fused-ring (bicyclic) bond motifs is 2. The molecule has 0 spiro atoms. The van der Waals surface area contributed by atoms with Crippen LogP contribution in [0.2, 0.25) is 0 Å². The molecule has 2 nitrogen and oxygen atoms in total. The SMILES string of the molecule is CCc1cc(CC)c2c(c1)C(=O)C1C=CC=CC1=[SH+]2[O-]. The van der Waals surface area contributed by atoms with Crippen LogP contribution in [0.4, 0.5) is 0 Å². The lowest BCUT2D eigenvalue weighted by atomic mass is 9.89. The van der Waals surface area contributed by atoms with Crippen LogP contribution in [-0.2, 0) is 23.6 Å². The van der Waals surface area contributed by atoms with Crippen LogP contribution in [0.25, 0.3) is 0 Å². The summed E-state index contributed by atoms with van der Waals surface area (Å²) >= 11 is 0. The zero-order valence-corrected chi connectivity index (χ0v) is 12.6. The Bertz CT molecular complexity index is 680. The molecule has 1 aromatic carbocycles. The normalized spacial score (nSPS) is 23.8. The average molecular weight is 286 g/mol. The molecular weight excluding hydrogens is 268 g/mol. The minimum absolute atomic E-state index is 0.0928. The molecule has 3 rings (SSSR count). The maximum absolute atomic E-state index is 12.8. The lowest BCUT2D eigenvalue weighted by molar-refractivity contribution is 0.0968. The van der Waals surface area contributed by atoms with E-state index < -0.39 is 10.8 Å². The summed E-state index contributed by atoms with van der Waals surface area (Å²) in [7, 11) is -1.63. The van der Waals surface area contributed by atoms with Gasteiger partial charge in [0.1, 0.15) is 15.7 Å². The minimum atomic E-state index is -1.63. The van der Waals surface area contributed by atoms with E-state index in [0.717, 1.165) is 33.7 Å². The minimum Gasteiger partial charge on any atom is -0.646 e. The Morgan fingerprint density at radius 1 is 1.20 bits per heavy atom. The van der Waals surface area contributed by atoms with Gasteiger partial charge in [-0.2, -0.15) is 0 Å². The quantitative estimate of drug-likeness (QED) is 0.476. The van der Waals surface area contributed by atoms with Gasteiger partial charge >= 0.3 is 0 Å². The van der Waals surface area contributed by atoms with E-state index in [-0.39, 0.29) is 11.7 Å². The van der Waals surface area contributed by atoms with Crippen molar-refractivity contribution in [3.05, 3.63) is 53.1 Å². The molecule has 2 unspecified atom stereocenters. The number of hydrogen-bond donors (Lipinski definition) is 0. The van der Waals surface area contributed by atoms with Gasteiger partial charge in [-0.05, 0) is 30.5 Å². The Kier molecular flexibility index (Phi) is 3.48. The van der Waals surface area contributed by atoms with Gasteiger partial charge in [0.25, 0.3) is 0 Å². The van der Waals surface area contributed by atoms with Gasteiger partial charge in [0.15, 0.2) is 5.78 Å². The molecular formula is C17H18O2S. The molecule has 0 saturated heterocycles. The van der Waals surface area contributed by atoms with Crippen LogP contribution in [0.3, 0.4) is 0 Å². The molecule has 1 heterocycles. The number of ketones is 1. The van der Waals surface area contributed by atoms with Crippen LogP contribution < -0.4 is 0 Å². The van der Waals surface area contributed by atoms with Crippen molar-refractivity contribution >= 4 is 21.4 Å². The first kappa shape index (κ1) is 13.5. The third-order valence-electron chi connectivity index (χ3n) is 4.02. The van der Waals surface area contributed by atoms with E-state index in [4.69, 9.17) is 0 Å². The van der Waals surface area contributed by atoms with Gasteiger partial charge < -0.3 is 4.55 Å². The van der Waals surface area contributed by atoms with Gasteiger partial charge in [0, 0.05) is 5.56 Å². The highest BCUT2D eigenvalue weighted by atomic mass is 32.2. The summed E-state index contributed by atoms with van der Waals surface area (Å²) in [5.41, 5.74) is 2.88. The Hall–Kier alpha value is -1.45. The van der Waals surface area contributed by atoms with Crippen LogP contribution in [0, 0.1) is 5.92 Å². The number of Topliss-reactive ketones (excluding diaryl/α,β-unsaturated/α-hetero) is 1. The number of carbonyl (C=O) groups is 1. The van der Waals surface area contributed by atoms with Crippen molar-refractivity contribution < 1.29 is 9.35 Å². The summed E-state index contributed by atoms with van der Waals surface area (Å²) in [5.74, 6) is -0.233. The fourth-order valence-electron chi connectivity index (χ4n) is 2.91. The lowest BCUT2D eigenvalue weighted by Gasteiger charge is -2.27. The monoisotopic (exact) mass is 286 g/mol. The standard InChI is InChI=1S/C17H18O2S/c1-3-11-9-12(4-2)17-14(10-11)16(18)13-7-5-6-8-15(13)20(17)19/h5-10,13,20H,3-4H2,1-2H3. The maximum atomic E-state index is 12.8. The highest BCUT2D eigenvalue weighted by Gasteiger charge is 2.35. The number of rotatable bonds is 2. The smallest absolute Gasteiger partial charge is 0.183 e. The molecule has 2 aliphatic rings. The number of carbonyl (C=O) groups excluding carboxylic acids is 1. The molecule has 0 radical (unpaired) electrons. The van der Waals surface area contributed by atoms with E-state index >= 15 is 0 Å². The third kappa shape index (κ3) is 1.93. The van der Waals surface area contributed by atoms with Crippen molar-refractivity contribution in [1.82, 2.24) is 0 Å². The summed E-state index contributed by atoms with van der Waals surface area (Å²) in [5, 5.41) is 0. The predicted octanol–water partition coefficient (Wildman–Crippen LogP) is 2.76. The van der Waals surface area contributed by atoms with Crippen LogP contribution in [0.5, 0.6) is 0 Å². The number of thiol groups is 1. The summed E-state index contributed by atoms with van der Waals surface area (Å²) < 4.78 is 12.8. The number of hydrogen-bond acceptors (Lipinski definition) is 2. The zero-order chi connectivity index (χ0) is 14.3. The summed E-state index contributed by atoms with van der Waals surface area (Å²) in [4.78, 5) is 14.2. The first-order valence-electron chi connectivity index (χ1n) is 7.06. The molecule has 1 aliphatic carbocycles. The molecule has 0 saturated carbocycles. The summed E-state index contributed by atoms with van der Waals surface area (Å²) in [6.07, 6.45) is 9.13. The molecule has 3 heteroatoms. The molecule has 0 bridgehead atoms. The molecule has 20 heavy (non-hydrogen) atoms. The molecule has 104 valence electrons. The first-order chi connectivity index (χ1) is 9.67. The largest absolute Gasteiger partial charge is 0.646 e. The zero-order valence-electron chi connectivity index (χ0n) is 11.7. The Balaban J connectivity index is 2.31. The van der Waals surface area contributed by atoms with Gasteiger partial charge in [-0.25, -0.2) is 0 Å². The lowest BCUT2D eigenvalue weighted by Crippen LogP contribution is -2.32. The number of benzene rings is 1. The van der Waals surface area contributed by atoms with E-state index in [9.17, 15) is 9.35 Å². The fraction of sp³-hybridized carbons (Fsp3) is 0.294. The molecule has 0 N–H and O–H groups in total. The van der Waals surface area contributed by atoms with Crippen LogP contribution >= 0.6 is 0 Å². The third-order valence-corrected chi connectivity index (χ3v) is 5.85. The van der Waals surface area contributed by atoms with Crippen molar-refractivity contribution in [2.75, 3.05) is 0 Å². The van der Waals surface area contributed by atoms with Crippen molar-refractivity contribution in [3.63, 3.8) is 0 Å². The second-order valence-corrected chi connectivity index (χ2v) is 6.72. The number of allylic oxidation sites excluding steroid dienone is 4. The van der Waals surface area contributed by atoms with Crippen LogP contribution in [0.15, 0.2) is 41.3 Å². The Morgan fingerprint density at radius 3 is 2.70 bits per heavy atom. The summed E-state index contributed by atoms with van der Waals surface area (Å²) in [6, 6.07) is 4.04. The maximum Gasteiger partial charge on any atom is 0.183 e. The van der Waals surface area contributed by atoms with Crippen molar-refractivity contribution in [2.24, 2.45) is 5.92 Å². The number of aryl methyl sites for hydroxylation is 2. The van der Waals surface area contributed by atoms with Crippen LogP contribution in [-0.4, -0.2) is 15.2 Å². The molecule has 1 aliphatic heterocycles. The van der Waals surface area contributed by atoms with Gasteiger partial charge in [0.05, 0.1) is 5.56 Å². The van der Waals surface area contributed by atoms with E-state index in [2.05, 4.69) is 19.9 Å². The second-order valence-electron chi connectivity index (χ2n) is 5.16. The first-order valence-corrected chi connectivity index (χ1v) is 8.32. The Labute approximate surface area is 122 Å². The molecule has 1 aromatic rings. The van der Waals surface area contributed by atoms with Crippen molar-refractivity contribution in [2.45, 2.75) is 31.6 Å².